The van der Waals surface area contributed by atoms with Gasteiger partial charge in [-0.2, -0.15) is 0 Å². The molecule has 244 valence electrons. The van der Waals surface area contributed by atoms with Crippen molar-refractivity contribution in [2.45, 2.75) is 10.6 Å². The highest BCUT2D eigenvalue weighted by Gasteiger charge is 2.17. The summed E-state index contributed by atoms with van der Waals surface area (Å²) < 4.78 is 6.37. The fraction of sp³-hybridized carbons (Fsp3) is 0.0213. The van der Waals surface area contributed by atoms with Crippen LogP contribution < -0.4 is 10.6 Å². The van der Waals surface area contributed by atoms with E-state index in [9.17, 15) is 0 Å². The van der Waals surface area contributed by atoms with Crippen LogP contribution in [-0.2, 0) is 5.75 Å². The molecule has 51 heavy (non-hydrogen) atoms. The SMILES string of the molecule is Nc1cc2oc3ccc(N(c4ccc(-c5ccccc5)cc4)c4ccc(-c5ccccc5)cc4)cc3c2cc1SCc1ccc2ccccc2c1. The number of furan rings is 1. The third-order valence-corrected chi connectivity index (χ3v) is 10.7. The number of rotatable bonds is 8. The van der Waals surface area contributed by atoms with Crippen LogP contribution in [0.1, 0.15) is 5.56 Å². The van der Waals surface area contributed by atoms with Gasteiger partial charge in [0.15, 0.2) is 0 Å². The molecule has 0 spiro atoms. The highest BCUT2D eigenvalue weighted by molar-refractivity contribution is 7.98. The number of benzene rings is 8. The average Bonchev–Trinajstić information content (AvgIpc) is 3.54. The zero-order valence-corrected chi connectivity index (χ0v) is 28.7. The maximum atomic E-state index is 6.61. The molecule has 0 aliphatic rings. The van der Waals surface area contributed by atoms with Crippen molar-refractivity contribution >= 4 is 67.2 Å². The van der Waals surface area contributed by atoms with E-state index in [4.69, 9.17) is 10.2 Å². The van der Waals surface area contributed by atoms with Gasteiger partial charge in [-0.15, -0.1) is 11.8 Å². The first-order valence-electron chi connectivity index (χ1n) is 17.1. The Bertz CT molecular complexity index is 2550. The van der Waals surface area contributed by atoms with E-state index in [1.165, 1.54) is 38.6 Å². The van der Waals surface area contributed by atoms with Crippen LogP contribution in [0.2, 0.25) is 0 Å². The highest BCUT2D eigenvalue weighted by Crippen LogP contribution is 2.42. The molecule has 9 rings (SSSR count). The standard InChI is InChI=1S/C47H34N2OS/c48-44-30-46-43(29-47(44)51-31-32-15-16-35-13-7-8-14-38(35)27-32)42-28-41(25-26-45(42)50-46)49(39-21-17-36(18-22-39)33-9-3-1-4-10-33)40-23-19-37(20-24-40)34-11-5-2-6-12-34/h1-30H,31,48H2. The number of thioether (sulfide) groups is 1. The summed E-state index contributed by atoms with van der Waals surface area (Å²) in [6.07, 6.45) is 0. The van der Waals surface area contributed by atoms with Crippen molar-refractivity contribution in [3.63, 3.8) is 0 Å². The lowest BCUT2D eigenvalue weighted by atomic mass is 10.0. The topological polar surface area (TPSA) is 42.4 Å². The minimum absolute atomic E-state index is 0.728. The molecule has 0 aliphatic carbocycles. The van der Waals surface area contributed by atoms with Crippen molar-refractivity contribution in [1.29, 1.82) is 0 Å². The Morgan fingerprint density at radius 1 is 0.451 bits per heavy atom. The van der Waals surface area contributed by atoms with Crippen molar-refractivity contribution in [3.8, 4) is 22.3 Å². The molecule has 4 heteroatoms. The van der Waals surface area contributed by atoms with Crippen molar-refractivity contribution in [1.82, 2.24) is 0 Å². The van der Waals surface area contributed by atoms with Gasteiger partial charge in [0.05, 0.1) is 0 Å². The predicted molar refractivity (Wildman–Crippen MR) is 217 cm³/mol. The monoisotopic (exact) mass is 674 g/mol. The van der Waals surface area contributed by atoms with Gasteiger partial charge in [-0.05, 0) is 87.1 Å². The number of anilines is 4. The zero-order chi connectivity index (χ0) is 34.1. The molecule has 0 bridgehead atoms. The molecule has 0 aliphatic heterocycles. The fourth-order valence-corrected chi connectivity index (χ4v) is 7.80. The Balaban J connectivity index is 1.10. The van der Waals surface area contributed by atoms with Gasteiger partial charge < -0.3 is 15.1 Å². The fourth-order valence-electron chi connectivity index (χ4n) is 6.87. The second kappa shape index (κ2) is 13.2. The Labute approximate surface area is 301 Å². The molecule has 9 aromatic rings. The lowest BCUT2D eigenvalue weighted by molar-refractivity contribution is 0.669. The first-order valence-corrected chi connectivity index (χ1v) is 18.1. The van der Waals surface area contributed by atoms with E-state index in [0.29, 0.717) is 0 Å². The maximum Gasteiger partial charge on any atom is 0.137 e. The molecule has 3 nitrogen and oxygen atoms in total. The predicted octanol–water partition coefficient (Wildman–Crippen LogP) is 13.4. The molecule has 1 heterocycles. The number of hydrogen-bond acceptors (Lipinski definition) is 4. The number of hydrogen-bond donors (Lipinski definition) is 1. The van der Waals surface area contributed by atoms with E-state index in [0.717, 1.165) is 55.3 Å². The van der Waals surface area contributed by atoms with Gasteiger partial charge >= 0.3 is 0 Å². The molecule has 0 saturated heterocycles. The summed E-state index contributed by atoms with van der Waals surface area (Å²) in [6, 6.07) is 64.4. The smallest absolute Gasteiger partial charge is 0.137 e. The van der Waals surface area contributed by atoms with Crippen LogP contribution in [-0.4, -0.2) is 0 Å². The van der Waals surface area contributed by atoms with Gasteiger partial charge in [-0.3, -0.25) is 0 Å². The van der Waals surface area contributed by atoms with Crippen molar-refractivity contribution in [3.05, 3.63) is 188 Å². The molecule has 1 aromatic heterocycles. The summed E-state index contributed by atoms with van der Waals surface area (Å²) in [5.41, 5.74) is 18.2. The second-order valence-corrected chi connectivity index (χ2v) is 13.8. The summed E-state index contributed by atoms with van der Waals surface area (Å²) in [5, 5.41) is 4.62. The van der Waals surface area contributed by atoms with Gasteiger partial charge in [-0.25, -0.2) is 0 Å². The summed E-state index contributed by atoms with van der Waals surface area (Å²) in [4.78, 5) is 3.36. The van der Waals surface area contributed by atoms with Crippen LogP contribution in [0.4, 0.5) is 22.7 Å². The van der Waals surface area contributed by atoms with Crippen LogP contribution in [0.3, 0.4) is 0 Å². The summed E-state index contributed by atoms with van der Waals surface area (Å²) in [5.74, 6) is 0.827. The van der Waals surface area contributed by atoms with Gasteiger partial charge in [0.2, 0.25) is 0 Å². The van der Waals surface area contributed by atoms with Gasteiger partial charge in [0.25, 0.3) is 0 Å². The lowest BCUT2D eigenvalue weighted by Gasteiger charge is -2.26. The van der Waals surface area contributed by atoms with Crippen LogP contribution in [0.5, 0.6) is 0 Å². The Kier molecular flexibility index (Phi) is 8.00. The summed E-state index contributed by atoms with van der Waals surface area (Å²) in [6.45, 7) is 0. The average molecular weight is 675 g/mol. The minimum atomic E-state index is 0.728. The van der Waals surface area contributed by atoms with Gasteiger partial charge in [-0.1, -0.05) is 127 Å². The largest absolute Gasteiger partial charge is 0.456 e. The minimum Gasteiger partial charge on any atom is -0.456 e. The molecular weight excluding hydrogens is 641 g/mol. The number of nitrogens with two attached hydrogens (primary N) is 1. The third-order valence-electron chi connectivity index (χ3n) is 9.52. The van der Waals surface area contributed by atoms with E-state index in [1.54, 1.807) is 11.8 Å². The Hall–Kier alpha value is -6.23. The molecule has 0 amide bonds. The van der Waals surface area contributed by atoms with E-state index >= 15 is 0 Å². The zero-order valence-electron chi connectivity index (χ0n) is 27.9. The normalized spacial score (nSPS) is 11.4. The van der Waals surface area contributed by atoms with Crippen molar-refractivity contribution < 1.29 is 4.42 Å². The Morgan fingerprint density at radius 2 is 1.00 bits per heavy atom. The van der Waals surface area contributed by atoms with Crippen LogP contribution in [0.15, 0.2) is 191 Å². The number of nitrogens with zero attached hydrogens (tertiary/aromatic N) is 1. The van der Waals surface area contributed by atoms with Crippen molar-refractivity contribution in [2.24, 2.45) is 0 Å². The molecule has 0 atom stereocenters. The quantitative estimate of drug-likeness (QED) is 0.129. The van der Waals surface area contributed by atoms with Crippen molar-refractivity contribution in [2.75, 3.05) is 10.6 Å². The maximum absolute atomic E-state index is 6.61. The van der Waals surface area contributed by atoms with Crippen LogP contribution in [0, 0.1) is 0 Å². The first kappa shape index (κ1) is 30.8. The molecule has 0 unspecified atom stereocenters. The number of nitrogen functional groups attached to an aromatic ring is 1. The molecular formula is C47H34N2OS. The highest BCUT2D eigenvalue weighted by atomic mass is 32.2. The van der Waals surface area contributed by atoms with E-state index in [2.05, 4.69) is 181 Å². The van der Waals surface area contributed by atoms with Crippen LogP contribution >= 0.6 is 11.8 Å². The van der Waals surface area contributed by atoms with E-state index in [1.807, 2.05) is 6.07 Å². The number of fused-ring (bicyclic) bond motifs is 4. The molecule has 2 N–H and O–H groups in total. The van der Waals surface area contributed by atoms with E-state index < -0.39 is 0 Å². The van der Waals surface area contributed by atoms with E-state index in [-0.39, 0.29) is 0 Å². The Morgan fingerprint density at radius 3 is 1.65 bits per heavy atom. The van der Waals surface area contributed by atoms with Gasteiger partial charge in [0, 0.05) is 50.2 Å². The first-order chi connectivity index (χ1) is 25.2. The van der Waals surface area contributed by atoms with Crippen LogP contribution in [0.25, 0.3) is 55.0 Å². The summed E-state index contributed by atoms with van der Waals surface area (Å²) in [7, 11) is 0. The molecule has 0 radical (unpaired) electrons. The lowest BCUT2D eigenvalue weighted by Crippen LogP contribution is -2.09. The van der Waals surface area contributed by atoms with Gasteiger partial charge in [0.1, 0.15) is 11.2 Å². The second-order valence-electron chi connectivity index (χ2n) is 12.8. The summed E-state index contributed by atoms with van der Waals surface area (Å²) >= 11 is 1.76. The molecule has 0 fully saturated rings. The molecule has 0 saturated carbocycles. The molecule has 8 aromatic carbocycles. The third kappa shape index (κ3) is 6.11.